The van der Waals surface area contributed by atoms with Crippen molar-refractivity contribution in [1.29, 1.82) is 0 Å². The Kier molecular flexibility index (Phi) is 4.76. The second-order valence-corrected chi connectivity index (χ2v) is 4.94. The minimum absolute atomic E-state index is 0.706. The minimum atomic E-state index is 0.706. The fraction of sp³-hybridized carbons (Fsp3) is 0.500. The summed E-state index contributed by atoms with van der Waals surface area (Å²) >= 11 is 0. The Morgan fingerprint density at radius 2 is 2.16 bits per heavy atom. The standard InChI is InChI=1S/C14H22N4O/c1-18(2)10-14-16-12-6-5-11(9-13(12)17-14)19-8-4-3-7-15/h5-6,9H,3-4,7-8,10,15H2,1-2H3,(H,16,17). The molecule has 1 heterocycles. The normalized spacial score (nSPS) is 11.4. The summed E-state index contributed by atoms with van der Waals surface area (Å²) < 4.78 is 5.69. The maximum absolute atomic E-state index is 5.69. The van der Waals surface area contributed by atoms with Crippen LogP contribution < -0.4 is 10.5 Å². The third-order valence-corrected chi connectivity index (χ3v) is 2.84. The molecule has 2 rings (SSSR count). The predicted molar refractivity (Wildman–Crippen MR) is 77.3 cm³/mol. The van der Waals surface area contributed by atoms with Gasteiger partial charge in [0.1, 0.15) is 11.6 Å². The van der Waals surface area contributed by atoms with Crippen LogP contribution in [0, 0.1) is 0 Å². The zero-order valence-electron chi connectivity index (χ0n) is 11.6. The molecule has 0 unspecified atom stereocenters. The first-order chi connectivity index (χ1) is 9.19. The molecule has 0 atom stereocenters. The number of nitrogens with one attached hydrogen (secondary N) is 1. The fourth-order valence-corrected chi connectivity index (χ4v) is 1.94. The summed E-state index contributed by atoms with van der Waals surface area (Å²) in [6, 6.07) is 5.97. The van der Waals surface area contributed by atoms with Crippen molar-refractivity contribution in [3.8, 4) is 5.75 Å². The van der Waals surface area contributed by atoms with Gasteiger partial charge >= 0.3 is 0 Å². The number of nitrogens with two attached hydrogens (primary N) is 1. The highest BCUT2D eigenvalue weighted by Gasteiger charge is 2.05. The predicted octanol–water partition coefficient (Wildman–Crippen LogP) is 1.74. The smallest absolute Gasteiger partial charge is 0.121 e. The Morgan fingerprint density at radius 3 is 2.89 bits per heavy atom. The molecular weight excluding hydrogens is 240 g/mol. The second-order valence-electron chi connectivity index (χ2n) is 4.94. The summed E-state index contributed by atoms with van der Waals surface area (Å²) in [5.74, 6) is 1.84. The van der Waals surface area contributed by atoms with E-state index in [0.717, 1.165) is 48.5 Å². The van der Waals surface area contributed by atoms with Crippen LogP contribution in [0.15, 0.2) is 18.2 Å². The first-order valence-corrected chi connectivity index (χ1v) is 6.65. The number of hydrogen-bond acceptors (Lipinski definition) is 4. The van der Waals surface area contributed by atoms with Gasteiger partial charge in [0.25, 0.3) is 0 Å². The zero-order valence-corrected chi connectivity index (χ0v) is 11.6. The van der Waals surface area contributed by atoms with Crippen LogP contribution in [0.25, 0.3) is 11.0 Å². The Balaban J connectivity index is 2.03. The van der Waals surface area contributed by atoms with Crippen molar-refractivity contribution in [1.82, 2.24) is 14.9 Å². The fourth-order valence-electron chi connectivity index (χ4n) is 1.94. The first kappa shape index (κ1) is 13.8. The Labute approximate surface area is 113 Å². The molecule has 0 fully saturated rings. The van der Waals surface area contributed by atoms with E-state index in [1.54, 1.807) is 0 Å². The molecule has 19 heavy (non-hydrogen) atoms. The summed E-state index contributed by atoms with van der Waals surface area (Å²) in [4.78, 5) is 9.95. The third-order valence-electron chi connectivity index (χ3n) is 2.84. The Hall–Kier alpha value is -1.59. The van der Waals surface area contributed by atoms with E-state index in [0.29, 0.717) is 6.61 Å². The van der Waals surface area contributed by atoms with Gasteiger partial charge in [-0.15, -0.1) is 0 Å². The molecule has 2 aromatic rings. The number of imidazole rings is 1. The van der Waals surface area contributed by atoms with Gasteiger partial charge in [-0.1, -0.05) is 0 Å². The molecule has 0 radical (unpaired) electrons. The maximum atomic E-state index is 5.69. The molecule has 5 heteroatoms. The number of aromatic nitrogens is 2. The van der Waals surface area contributed by atoms with Crippen molar-refractivity contribution in [2.45, 2.75) is 19.4 Å². The number of unbranched alkanes of at least 4 members (excludes halogenated alkanes) is 1. The summed E-state index contributed by atoms with van der Waals surface area (Å²) in [7, 11) is 4.05. The number of benzene rings is 1. The summed E-state index contributed by atoms with van der Waals surface area (Å²) in [5, 5.41) is 0. The largest absolute Gasteiger partial charge is 0.494 e. The van der Waals surface area contributed by atoms with Gasteiger partial charge in [0.2, 0.25) is 0 Å². The average Bonchev–Trinajstić information content (AvgIpc) is 2.75. The Morgan fingerprint density at radius 1 is 1.32 bits per heavy atom. The van der Waals surface area contributed by atoms with Crippen molar-refractivity contribution in [2.24, 2.45) is 5.73 Å². The molecule has 1 aromatic carbocycles. The molecule has 0 amide bonds. The van der Waals surface area contributed by atoms with Crippen LogP contribution in [-0.2, 0) is 6.54 Å². The highest BCUT2D eigenvalue weighted by Crippen LogP contribution is 2.19. The van der Waals surface area contributed by atoms with E-state index >= 15 is 0 Å². The molecule has 5 nitrogen and oxygen atoms in total. The molecule has 0 saturated carbocycles. The molecule has 0 aliphatic carbocycles. The van der Waals surface area contributed by atoms with Gasteiger partial charge in [-0.2, -0.15) is 0 Å². The van der Waals surface area contributed by atoms with Gasteiger partial charge in [0.15, 0.2) is 0 Å². The van der Waals surface area contributed by atoms with Gasteiger partial charge in [0, 0.05) is 6.07 Å². The molecule has 3 N–H and O–H groups in total. The van der Waals surface area contributed by atoms with E-state index in [-0.39, 0.29) is 0 Å². The van der Waals surface area contributed by atoms with E-state index in [9.17, 15) is 0 Å². The van der Waals surface area contributed by atoms with Crippen LogP contribution in [0.2, 0.25) is 0 Å². The molecule has 0 aliphatic rings. The van der Waals surface area contributed by atoms with Crippen molar-refractivity contribution in [3.63, 3.8) is 0 Å². The molecule has 0 saturated heterocycles. The van der Waals surface area contributed by atoms with E-state index in [1.165, 1.54) is 0 Å². The third kappa shape index (κ3) is 3.94. The minimum Gasteiger partial charge on any atom is -0.494 e. The van der Waals surface area contributed by atoms with Gasteiger partial charge < -0.3 is 20.4 Å². The van der Waals surface area contributed by atoms with Gasteiger partial charge in [-0.25, -0.2) is 4.98 Å². The van der Waals surface area contributed by atoms with Crippen LogP contribution in [0.5, 0.6) is 5.75 Å². The number of H-pyrrole nitrogens is 1. The zero-order chi connectivity index (χ0) is 13.7. The molecule has 0 aliphatic heterocycles. The first-order valence-electron chi connectivity index (χ1n) is 6.65. The van der Waals surface area contributed by atoms with Crippen molar-refractivity contribution < 1.29 is 4.74 Å². The lowest BCUT2D eigenvalue weighted by molar-refractivity contribution is 0.308. The number of aromatic amines is 1. The molecule has 104 valence electrons. The summed E-state index contributed by atoms with van der Waals surface area (Å²) in [5.41, 5.74) is 7.45. The number of nitrogens with zero attached hydrogens (tertiary/aromatic N) is 2. The average molecular weight is 262 g/mol. The lowest BCUT2D eigenvalue weighted by atomic mass is 10.3. The monoisotopic (exact) mass is 262 g/mol. The summed E-state index contributed by atoms with van der Waals surface area (Å²) in [6.45, 7) is 2.23. The van der Waals surface area contributed by atoms with Crippen LogP contribution >= 0.6 is 0 Å². The van der Waals surface area contributed by atoms with E-state index in [2.05, 4.69) is 14.9 Å². The van der Waals surface area contributed by atoms with Crippen molar-refractivity contribution in [2.75, 3.05) is 27.2 Å². The number of hydrogen-bond donors (Lipinski definition) is 2. The molecular formula is C14H22N4O. The quantitative estimate of drug-likeness (QED) is 0.746. The van der Waals surface area contributed by atoms with Gasteiger partial charge in [0.05, 0.1) is 24.2 Å². The van der Waals surface area contributed by atoms with E-state index in [4.69, 9.17) is 10.5 Å². The number of rotatable bonds is 7. The van der Waals surface area contributed by atoms with Crippen molar-refractivity contribution in [3.05, 3.63) is 24.0 Å². The Bertz CT molecular complexity index is 521. The van der Waals surface area contributed by atoms with E-state index < -0.39 is 0 Å². The van der Waals surface area contributed by atoms with Crippen LogP contribution in [0.4, 0.5) is 0 Å². The highest BCUT2D eigenvalue weighted by atomic mass is 16.5. The van der Waals surface area contributed by atoms with Crippen LogP contribution in [-0.4, -0.2) is 42.1 Å². The molecule has 0 spiro atoms. The topological polar surface area (TPSA) is 67.2 Å². The second kappa shape index (κ2) is 6.54. The van der Waals surface area contributed by atoms with E-state index in [1.807, 2.05) is 32.3 Å². The SMILES string of the molecule is CN(C)Cc1nc2cc(OCCCCN)ccc2[nH]1. The molecule has 1 aromatic heterocycles. The number of fused-ring (bicyclic) bond motifs is 1. The van der Waals surface area contributed by atoms with Crippen LogP contribution in [0.1, 0.15) is 18.7 Å². The highest BCUT2D eigenvalue weighted by molar-refractivity contribution is 5.76. The van der Waals surface area contributed by atoms with Crippen LogP contribution in [0.3, 0.4) is 0 Å². The lowest BCUT2D eigenvalue weighted by Gasteiger charge is -2.05. The number of ether oxygens (including phenoxy) is 1. The van der Waals surface area contributed by atoms with Crippen molar-refractivity contribution >= 4 is 11.0 Å². The lowest BCUT2D eigenvalue weighted by Crippen LogP contribution is -2.11. The molecule has 0 bridgehead atoms. The summed E-state index contributed by atoms with van der Waals surface area (Å²) in [6.07, 6.45) is 1.98. The van der Waals surface area contributed by atoms with Gasteiger partial charge in [-0.05, 0) is 45.6 Å². The van der Waals surface area contributed by atoms with Gasteiger partial charge in [-0.3, -0.25) is 0 Å². The maximum Gasteiger partial charge on any atom is 0.121 e.